The minimum absolute atomic E-state index is 0.569. The van der Waals surface area contributed by atoms with Crippen molar-refractivity contribution in [1.82, 2.24) is 0 Å². The van der Waals surface area contributed by atoms with Crippen molar-refractivity contribution in [3.05, 3.63) is 19.1 Å². The van der Waals surface area contributed by atoms with Crippen molar-refractivity contribution in [1.29, 1.82) is 0 Å². The van der Waals surface area contributed by atoms with Gasteiger partial charge in [-0.25, -0.2) is 0 Å². The summed E-state index contributed by atoms with van der Waals surface area (Å²) >= 11 is 0. The largest absolute Gasteiger partial charge is 0.388 e. The van der Waals surface area contributed by atoms with Gasteiger partial charge >= 0.3 is 0 Å². The molecule has 2 N–H and O–H groups in total. The van der Waals surface area contributed by atoms with Gasteiger partial charge in [0, 0.05) is 0 Å². The van der Waals surface area contributed by atoms with E-state index in [4.69, 9.17) is 11.7 Å². The summed E-state index contributed by atoms with van der Waals surface area (Å²) in [7, 11) is -1.37. The molecule has 4 heteroatoms. The van der Waals surface area contributed by atoms with Crippen LogP contribution in [0.15, 0.2) is 12.2 Å². The van der Waals surface area contributed by atoms with E-state index < -0.39 is 32.5 Å². The summed E-state index contributed by atoms with van der Waals surface area (Å²) in [5.41, 5.74) is 3.15. The van der Waals surface area contributed by atoms with Gasteiger partial charge in [-0.2, -0.15) is 0 Å². The number of ether oxygens (including phenoxy) is 1. The van der Waals surface area contributed by atoms with E-state index >= 15 is 0 Å². The van der Waals surface area contributed by atoms with Crippen LogP contribution in [0, 0.1) is 18.4 Å². The fourth-order valence-corrected chi connectivity index (χ4v) is 1.81. The van der Waals surface area contributed by atoms with Crippen molar-refractivity contribution in [2.24, 2.45) is 0 Å². The highest BCUT2D eigenvalue weighted by molar-refractivity contribution is 6.83. The van der Waals surface area contributed by atoms with Crippen LogP contribution in [-0.2, 0) is 4.74 Å². The number of allylic oxidation sites excluding steroid dienone is 1. The molecule has 0 aromatic rings. The lowest BCUT2D eigenvalue weighted by Crippen LogP contribution is -2.30. The predicted octanol–water partition coefficient (Wildman–Crippen LogP) is 0.624. The molecule has 0 aliphatic carbocycles. The summed E-state index contributed by atoms with van der Waals surface area (Å²) in [5, 5.41) is 18.9. The van der Waals surface area contributed by atoms with Crippen LogP contribution in [0.4, 0.5) is 0 Å². The van der Waals surface area contributed by atoms with Gasteiger partial charge in [0.15, 0.2) is 0 Å². The number of aliphatic hydroxyl groups excluding tert-OH is 2. The van der Waals surface area contributed by atoms with Gasteiger partial charge in [0.1, 0.15) is 26.4 Å². The molecule has 0 aromatic heterocycles. The van der Waals surface area contributed by atoms with Gasteiger partial charge in [-0.05, 0) is 19.1 Å². The summed E-state index contributed by atoms with van der Waals surface area (Å²) in [6.07, 6.45) is -0.111. The first-order valence-corrected chi connectivity index (χ1v) is 8.78. The average Bonchev–Trinajstić information content (AvgIpc) is 2.40. The van der Waals surface area contributed by atoms with Gasteiger partial charge < -0.3 is 14.9 Å². The summed E-state index contributed by atoms with van der Waals surface area (Å²) < 4.78 is 5.15. The third-order valence-corrected chi connectivity index (χ3v) is 3.05. The maximum absolute atomic E-state index is 9.54. The normalized spacial score (nSPS) is 35.1. The van der Waals surface area contributed by atoms with Crippen LogP contribution in [0.3, 0.4) is 0 Å². The Balaban J connectivity index is 2.55. The highest BCUT2D eigenvalue weighted by atomic mass is 28.3. The molecule has 1 aliphatic heterocycles. The Morgan fingerprint density at radius 1 is 1.25 bits per heavy atom. The van der Waals surface area contributed by atoms with Crippen LogP contribution < -0.4 is 0 Å². The Kier molecular flexibility index (Phi) is 4.33. The molecule has 1 saturated heterocycles. The second-order valence-electron chi connectivity index (χ2n) is 4.92. The highest BCUT2D eigenvalue weighted by Crippen LogP contribution is 2.21. The van der Waals surface area contributed by atoms with E-state index in [-0.39, 0.29) is 0 Å². The quantitative estimate of drug-likeness (QED) is 0.520. The maximum atomic E-state index is 9.54. The van der Waals surface area contributed by atoms with E-state index in [0.717, 1.165) is 0 Å². The van der Waals surface area contributed by atoms with Crippen molar-refractivity contribution in [2.45, 2.75) is 44.1 Å². The third kappa shape index (κ3) is 3.76. The molecule has 1 rings (SSSR count). The van der Waals surface area contributed by atoms with Crippen molar-refractivity contribution in [2.75, 3.05) is 0 Å². The SMILES string of the molecule is [CH][C@@H]1O[C@H](/C=C/C#C[Si](C)(C)C)[C@H](O)C1O. The summed E-state index contributed by atoms with van der Waals surface area (Å²) in [6.45, 7) is 11.9. The highest BCUT2D eigenvalue weighted by Gasteiger charge is 2.38. The van der Waals surface area contributed by atoms with Crippen molar-refractivity contribution < 1.29 is 14.9 Å². The van der Waals surface area contributed by atoms with Gasteiger partial charge in [0.25, 0.3) is 0 Å². The lowest BCUT2D eigenvalue weighted by molar-refractivity contribution is 0.0391. The maximum Gasteiger partial charge on any atom is 0.129 e. The number of hydrogen-bond acceptors (Lipinski definition) is 3. The zero-order valence-corrected chi connectivity index (χ0v) is 10.8. The lowest BCUT2D eigenvalue weighted by atomic mass is 10.1. The van der Waals surface area contributed by atoms with Crippen LogP contribution in [0.25, 0.3) is 0 Å². The molecule has 3 nitrogen and oxygen atoms in total. The number of rotatable bonds is 1. The first kappa shape index (κ1) is 13.5. The summed E-state index contributed by atoms with van der Waals surface area (Å²) in [5.74, 6) is 2.92. The molecule has 0 bridgehead atoms. The molecule has 1 unspecified atom stereocenters. The molecule has 88 valence electrons. The molecule has 0 saturated carbocycles. The Morgan fingerprint density at radius 2 is 1.88 bits per heavy atom. The van der Waals surface area contributed by atoms with E-state index in [1.807, 2.05) is 0 Å². The smallest absolute Gasteiger partial charge is 0.129 e. The zero-order chi connectivity index (χ0) is 12.3. The van der Waals surface area contributed by atoms with E-state index in [2.05, 4.69) is 31.1 Å². The molecule has 1 fully saturated rings. The van der Waals surface area contributed by atoms with Gasteiger partial charge in [-0.1, -0.05) is 25.6 Å². The van der Waals surface area contributed by atoms with Crippen LogP contribution in [0.2, 0.25) is 19.6 Å². The Labute approximate surface area is 98.1 Å². The lowest BCUT2D eigenvalue weighted by Gasteiger charge is -2.09. The predicted molar refractivity (Wildman–Crippen MR) is 65.2 cm³/mol. The number of aliphatic hydroxyl groups is 2. The van der Waals surface area contributed by atoms with E-state index in [0.29, 0.717) is 0 Å². The second-order valence-corrected chi connectivity index (χ2v) is 9.67. The average molecular weight is 238 g/mol. The van der Waals surface area contributed by atoms with Gasteiger partial charge in [0.05, 0.1) is 6.10 Å². The third-order valence-electron chi connectivity index (χ3n) is 2.15. The van der Waals surface area contributed by atoms with Crippen LogP contribution in [0.5, 0.6) is 0 Å². The van der Waals surface area contributed by atoms with Crippen LogP contribution >= 0.6 is 0 Å². The fraction of sp³-hybridized carbons (Fsp3) is 0.583. The molecule has 1 heterocycles. The van der Waals surface area contributed by atoms with Crippen molar-refractivity contribution in [3.8, 4) is 11.5 Å². The molecule has 4 atom stereocenters. The Morgan fingerprint density at radius 3 is 2.31 bits per heavy atom. The molecule has 2 radical (unpaired) electrons. The second kappa shape index (κ2) is 5.15. The van der Waals surface area contributed by atoms with Gasteiger partial charge in [0.2, 0.25) is 0 Å². The van der Waals surface area contributed by atoms with Crippen LogP contribution in [0.1, 0.15) is 0 Å². The van der Waals surface area contributed by atoms with Crippen molar-refractivity contribution in [3.63, 3.8) is 0 Å². The van der Waals surface area contributed by atoms with Gasteiger partial charge in [-0.15, -0.1) is 5.54 Å². The molecular weight excluding hydrogens is 220 g/mol. The standard InChI is InChI=1S/C12H18O3Si/c1-9-11(13)12(14)10(15-9)7-5-6-8-16(2,3)4/h1,5,7,9-14H,2-4H3/b7-5+/t9-,10+,11?,12-/m0/s1. The molecule has 0 aromatic carbocycles. The molecule has 1 aliphatic rings. The van der Waals surface area contributed by atoms with E-state index in [1.165, 1.54) is 0 Å². The monoisotopic (exact) mass is 238 g/mol. The van der Waals surface area contributed by atoms with E-state index in [1.54, 1.807) is 12.2 Å². The first-order chi connectivity index (χ1) is 7.31. The number of hydrogen-bond donors (Lipinski definition) is 2. The Hall–Kier alpha value is -0.603. The molecule has 0 spiro atoms. The van der Waals surface area contributed by atoms with E-state index in [9.17, 15) is 10.2 Å². The van der Waals surface area contributed by atoms with Crippen molar-refractivity contribution >= 4 is 8.07 Å². The summed E-state index contributed by atoms with van der Waals surface area (Å²) in [6, 6.07) is 0. The first-order valence-electron chi connectivity index (χ1n) is 5.28. The van der Waals surface area contributed by atoms with Gasteiger partial charge in [-0.3, -0.25) is 0 Å². The Bertz CT molecular complexity index is 321. The summed E-state index contributed by atoms with van der Waals surface area (Å²) in [4.78, 5) is 0. The molecule has 16 heavy (non-hydrogen) atoms. The zero-order valence-electron chi connectivity index (χ0n) is 9.84. The molecular formula is C12H18O3Si. The minimum atomic E-state index is -1.37. The topological polar surface area (TPSA) is 49.7 Å². The fourth-order valence-electron chi connectivity index (χ4n) is 1.29. The van der Waals surface area contributed by atoms with Crippen LogP contribution in [-0.4, -0.2) is 42.7 Å². The molecule has 0 amide bonds. The minimum Gasteiger partial charge on any atom is -0.388 e.